The molecule has 0 unspecified atom stereocenters. The van der Waals surface area contributed by atoms with Crippen molar-refractivity contribution in [3.63, 3.8) is 0 Å². The largest absolute Gasteiger partial charge is 0.490 e. The minimum Gasteiger partial charge on any atom is -0.490 e. The van der Waals surface area contributed by atoms with Crippen molar-refractivity contribution in [3.8, 4) is 11.8 Å². The molecule has 1 aliphatic rings. The third-order valence-corrected chi connectivity index (χ3v) is 5.05. The summed E-state index contributed by atoms with van der Waals surface area (Å²) in [6.45, 7) is 10.1. The van der Waals surface area contributed by atoms with Crippen LogP contribution in [-0.2, 0) is 11.3 Å². The number of benzene rings is 2. The van der Waals surface area contributed by atoms with Crippen LogP contribution in [-0.4, -0.2) is 54.3 Å². The Morgan fingerprint density at radius 1 is 1.03 bits per heavy atom. The van der Waals surface area contributed by atoms with Crippen LogP contribution in [0.1, 0.15) is 37.5 Å². The normalized spacial score (nSPS) is 14.9. The molecule has 1 aliphatic heterocycles. The fourth-order valence-corrected chi connectivity index (χ4v) is 3.36. The molecule has 3 rings (SSSR count). The number of hydrogen-bond donors (Lipinski definition) is 0. The number of piperazine rings is 1. The molecule has 1 amide bonds. The van der Waals surface area contributed by atoms with Gasteiger partial charge in [0.25, 0.3) is 0 Å². The topological polar surface area (TPSA) is 65.8 Å². The molecule has 32 heavy (non-hydrogen) atoms. The van der Waals surface area contributed by atoms with Gasteiger partial charge < -0.3 is 14.4 Å². The zero-order valence-corrected chi connectivity index (χ0v) is 19.1. The molecule has 0 N–H and O–H groups in total. The van der Waals surface area contributed by atoms with E-state index in [-0.39, 0.29) is 6.09 Å². The SMILES string of the molecule is CC(C)(C)OC(=O)N1CCN(Cc2ccc(/C=C/COc3ccc(C#N)cc3)cc2)CC1. The van der Waals surface area contributed by atoms with E-state index in [1.54, 1.807) is 29.2 Å². The van der Waals surface area contributed by atoms with E-state index in [9.17, 15) is 4.79 Å². The van der Waals surface area contributed by atoms with Gasteiger partial charge in [-0.1, -0.05) is 30.3 Å². The highest BCUT2D eigenvalue weighted by Crippen LogP contribution is 2.15. The predicted molar refractivity (Wildman–Crippen MR) is 125 cm³/mol. The zero-order chi connectivity index (χ0) is 23.0. The third kappa shape index (κ3) is 7.44. The van der Waals surface area contributed by atoms with Crippen molar-refractivity contribution in [3.05, 3.63) is 71.3 Å². The van der Waals surface area contributed by atoms with E-state index in [1.165, 1.54) is 5.56 Å². The van der Waals surface area contributed by atoms with E-state index >= 15 is 0 Å². The molecule has 1 saturated heterocycles. The molecule has 0 saturated carbocycles. The van der Waals surface area contributed by atoms with Crippen molar-refractivity contribution < 1.29 is 14.3 Å². The molecule has 168 valence electrons. The van der Waals surface area contributed by atoms with Crippen LogP contribution in [0, 0.1) is 11.3 Å². The molecule has 6 heteroatoms. The van der Waals surface area contributed by atoms with Crippen LogP contribution in [0.4, 0.5) is 4.79 Å². The zero-order valence-electron chi connectivity index (χ0n) is 19.1. The first kappa shape index (κ1) is 23.4. The van der Waals surface area contributed by atoms with E-state index in [1.807, 2.05) is 32.9 Å². The summed E-state index contributed by atoms with van der Waals surface area (Å²) in [4.78, 5) is 16.3. The van der Waals surface area contributed by atoms with Crippen molar-refractivity contribution >= 4 is 12.2 Å². The van der Waals surface area contributed by atoms with Crippen LogP contribution in [0.15, 0.2) is 54.6 Å². The van der Waals surface area contributed by atoms with Crippen molar-refractivity contribution in [2.75, 3.05) is 32.8 Å². The number of nitriles is 1. The number of hydrogen-bond acceptors (Lipinski definition) is 5. The molecular formula is C26H31N3O3. The average molecular weight is 434 g/mol. The minimum absolute atomic E-state index is 0.226. The Morgan fingerprint density at radius 2 is 1.69 bits per heavy atom. The first-order valence-corrected chi connectivity index (χ1v) is 10.9. The highest BCUT2D eigenvalue weighted by atomic mass is 16.6. The number of carbonyl (C=O) groups excluding carboxylic acids is 1. The molecule has 2 aromatic carbocycles. The Kier molecular flexibility index (Phi) is 7.91. The smallest absolute Gasteiger partial charge is 0.410 e. The quantitative estimate of drug-likeness (QED) is 0.660. The van der Waals surface area contributed by atoms with Crippen LogP contribution in [0.3, 0.4) is 0 Å². The Balaban J connectivity index is 1.40. The standard InChI is InChI=1S/C26H31N3O3/c1-26(2,3)32-25(30)29-16-14-28(15-17-29)20-23-8-6-21(7-9-23)5-4-18-31-24-12-10-22(19-27)11-13-24/h4-13H,14-18,20H2,1-3H3/b5-4+. The average Bonchev–Trinajstić information content (AvgIpc) is 2.77. The maximum Gasteiger partial charge on any atom is 0.410 e. The Morgan fingerprint density at radius 3 is 2.28 bits per heavy atom. The molecule has 6 nitrogen and oxygen atoms in total. The Bertz CT molecular complexity index is 946. The number of ether oxygens (including phenoxy) is 2. The summed E-state index contributed by atoms with van der Waals surface area (Å²) in [6.07, 6.45) is 3.78. The maximum atomic E-state index is 12.2. The summed E-state index contributed by atoms with van der Waals surface area (Å²) < 4.78 is 11.1. The predicted octanol–water partition coefficient (Wildman–Crippen LogP) is 4.70. The highest BCUT2D eigenvalue weighted by molar-refractivity contribution is 5.68. The van der Waals surface area contributed by atoms with E-state index in [2.05, 4.69) is 35.2 Å². The Hall–Kier alpha value is -3.30. The maximum absolute atomic E-state index is 12.2. The summed E-state index contributed by atoms with van der Waals surface area (Å²) in [5.41, 5.74) is 2.53. The molecule has 0 aliphatic carbocycles. The summed E-state index contributed by atoms with van der Waals surface area (Å²) >= 11 is 0. The lowest BCUT2D eigenvalue weighted by atomic mass is 10.1. The second kappa shape index (κ2) is 10.8. The first-order valence-electron chi connectivity index (χ1n) is 10.9. The van der Waals surface area contributed by atoms with Gasteiger partial charge in [-0.15, -0.1) is 0 Å². The van der Waals surface area contributed by atoms with E-state index in [0.717, 1.165) is 30.9 Å². The number of nitrogens with zero attached hydrogens (tertiary/aromatic N) is 3. The van der Waals surface area contributed by atoms with Gasteiger partial charge in [-0.05, 0) is 62.2 Å². The summed E-state index contributed by atoms with van der Waals surface area (Å²) in [5, 5.41) is 8.82. The molecule has 0 atom stereocenters. The molecule has 0 spiro atoms. The van der Waals surface area contributed by atoms with Gasteiger partial charge in [0.05, 0.1) is 11.6 Å². The molecule has 0 aromatic heterocycles. The second-order valence-corrected chi connectivity index (χ2v) is 8.83. The molecular weight excluding hydrogens is 402 g/mol. The van der Waals surface area contributed by atoms with Crippen LogP contribution in [0.25, 0.3) is 6.08 Å². The lowest BCUT2D eigenvalue weighted by Gasteiger charge is -2.35. The fraction of sp³-hybridized carbons (Fsp3) is 0.385. The van der Waals surface area contributed by atoms with Crippen molar-refractivity contribution in [1.82, 2.24) is 9.80 Å². The van der Waals surface area contributed by atoms with E-state index < -0.39 is 5.60 Å². The van der Waals surface area contributed by atoms with Crippen molar-refractivity contribution in [2.45, 2.75) is 32.9 Å². The van der Waals surface area contributed by atoms with Gasteiger partial charge in [0.1, 0.15) is 18.0 Å². The molecule has 1 fully saturated rings. The highest BCUT2D eigenvalue weighted by Gasteiger charge is 2.25. The van der Waals surface area contributed by atoms with Gasteiger partial charge in [-0.3, -0.25) is 4.90 Å². The van der Waals surface area contributed by atoms with Gasteiger partial charge in [-0.25, -0.2) is 4.79 Å². The fourth-order valence-electron chi connectivity index (χ4n) is 3.36. The van der Waals surface area contributed by atoms with E-state index in [4.69, 9.17) is 14.7 Å². The third-order valence-electron chi connectivity index (χ3n) is 5.05. The van der Waals surface area contributed by atoms with Gasteiger partial charge in [0.15, 0.2) is 0 Å². The van der Waals surface area contributed by atoms with Crippen LogP contribution < -0.4 is 4.74 Å². The molecule has 0 bridgehead atoms. The molecule has 1 heterocycles. The van der Waals surface area contributed by atoms with Crippen LogP contribution in [0.2, 0.25) is 0 Å². The minimum atomic E-state index is -0.458. The van der Waals surface area contributed by atoms with Crippen molar-refractivity contribution in [2.24, 2.45) is 0 Å². The molecule has 2 aromatic rings. The van der Waals surface area contributed by atoms with Crippen LogP contribution >= 0.6 is 0 Å². The number of amides is 1. The molecule has 0 radical (unpaired) electrons. The lowest BCUT2D eigenvalue weighted by Crippen LogP contribution is -2.49. The lowest BCUT2D eigenvalue weighted by molar-refractivity contribution is 0.0139. The Labute approximate surface area is 190 Å². The van der Waals surface area contributed by atoms with E-state index in [0.29, 0.717) is 25.3 Å². The second-order valence-electron chi connectivity index (χ2n) is 8.83. The van der Waals surface area contributed by atoms with Gasteiger partial charge in [-0.2, -0.15) is 5.26 Å². The van der Waals surface area contributed by atoms with Crippen molar-refractivity contribution in [1.29, 1.82) is 5.26 Å². The number of carbonyl (C=O) groups is 1. The summed E-state index contributed by atoms with van der Waals surface area (Å²) in [6, 6.07) is 17.7. The van der Waals surface area contributed by atoms with Gasteiger partial charge in [0, 0.05) is 32.7 Å². The first-order chi connectivity index (χ1) is 15.3. The monoisotopic (exact) mass is 433 g/mol. The number of rotatable bonds is 6. The summed E-state index contributed by atoms with van der Waals surface area (Å²) in [7, 11) is 0. The van der Waals surface area contributed by atoms with Crippen LogP contribution in [0.5, 0.6) is 5.75 Å². The summed E-state index contributed by atoms with van der Waals surface area (Å²) in [5.74, 6) is 0.746. The van der Waals surface area contributed by atoms with Gasteiger partial charge in [0.2, 0.25) is 0 Å². The van der Waals surface area contributed by atoms with Gasteiger partial charge >= 0.3 is 6.09 Å².